The highest BCUT2D eigenvalue weighted by Crippen LogP contribution is 2.36. The lowest BCUT2D eigenvalue weighted by molar-refractivity contribution is -0.384. The van der Waals surface area contributed by atoms with Crippen molar-refractivity contribution in [1.82, 2.24) is 0 Å². The summed E-state index contributed by atoms with van der Waals surface area (Å²) in [4.78, 5) is 10.5. The minimum Gasteiger partial charge on any atom is -0.490 e. The number of hydrogen-bond donors (Lipinski definition) is 0. The molecule has 0 radical (unpaired) electrons. The van der Waals surface area contributed by atoms with Crippen LogP contribution < -0.4 is 9.47 Å². The average molecular weight is 544 g/mol. The van der Waals surface area contributed by atoms with Gasteiger partial charge in [0.25, 0.3) is 5.69 Å². The Morgan fingerprint density at radius 2 is 1.97 bits per heavy atom. The first kappa shape index (κ1) is 23.2. The van der Waals surface area contributed by atoms with Crippen LogP contribution in [0.4, 0.5) is 10.1 Å². The first-order chi connectivity index (χ1) is 15.4. The number of nitriles is 1. The molecule has 6 nitrogen and oxygen atoms in total. The number of rotatable bonds is 8. The van der Waals surface area contributed by atoms with Crippen LogP contribution in [0.3, 0.4) is 0 Å². The molecule has 0 aliphatic rings. The molecule has 0 bridgehead atoms. The molecule has 0 fully saturated rings. The zero-order valence-corrected chi connectivity index (χ0v) is 19.2. The molecule has 0 aliphatic heterocycles. The molecule has 32 heavy (non-hydrogen) atoms. The first-order valence-corrected chi connectivity index (χ1v) is 10.7. The number of hydrogen-bond acceptors (Lipinski definition) is 5. The average Bonchev–Trinajstić information content (AvgIpc) is 2.78. The van der Waals surface area contributed by atoms with Gasteiger partial charge < -0.3 is 9.47 Å². The molecule has 8 heteroatoms. The number of non-ortho nitro benzene ring substituents is 1. The highest BCUT2D eigenvalue weighted by molar-refractivity contribution is 14.1. The van der Waals surface area contributed by atoms with Gasteiger partial charge in [-0.2, -0.15) is 5.26 Å². The lowest BCUT2D eigenvalue weighted by atomic mass is 10.0. The highest BCUT2D eigenvalue weighted by Gasteiger charge is 2.14. The fourth-order valence-electron chi connectivity index (χ4n) is 3.01. The third-order valence-corrected chi connectivity index (χ3v) is 5.23. The van der Waals surface area contributed by atoms with Crippen LogP contribution >= 0.6 is 22.6 Å². The molecule has 3 aromatic carbocycles. The van der Waals surface area contributed by atoms with Crippen molar-refractivity contribution in [2.45, 2.75) is 13.5 Å². The van der Waals surface area contributed by atoms with Gasteiger partial charge in [0, 0.05) is 17.7 Å². The number of ether oxygens (including phenoxy) is 2. The van der Waals surface area contributed by atoms with E-state index >= 15 is 0 Å². The molecule has 3 aromatic rings. The van der Waals surface area contributed by atoms with Crippen LogP contribution in [0.2, 0.25) is 0 Å². The second-order valence-corrected chi connectivity index (χ2v) is 7.79. The molecule has 0 atom stereocenters. The summed E-state index contributed by atoms with van der Waals surface area (Å²) in [6, 6.07) is 17.9. The molecule has 0 heterocycles. The van der Waals surface area contributed by atoms with Crippen LogP contribution in [0.15, 0.2) is 60.7 Å². The predicted octanol–water partition coefficient (Wildman–Crippen LogP) is 6.38. The third-order valence-electron chi connectivity index (χ3n) is 4.43. The Morgan fingerprint density at radius 3 is 2.66 bits per heavy atom. The Bertz CT molecular complexity index is 1220. The monoisotopic (exact) mass is 544 g/mol. The number of benzene rings is 3. The van der Waals surface area contributed by atoms with E-state index in [1.807, 2.05) is 13.0 Å². The van der Waals surface area contributed by atoms with Crippen LogP contribution in [-0.4, -0.2) is 11.5 Å². The summed E-state index contributed by atoms with van der Waals surface area (Å²) in [5.41, 5.74) is 1.69. The molecule has 0 amide bonds. The van der Waals surface area contributed by atoms with Crippen LogP contribution in [0.5, 0.6) is 11.5 Å². The molecule has 162 valence electrons. The van der Waals surface area contributed by atoms with Crippen molar-refractivity contribution in [1.29, 1.82) is 5.26 Å². The minimum absolute atomic E-state index is 0.0107. The van der Waals surface area contributed by atoms with E-state index in [4.69, 9.17) is 9.47 Å². The lowest BCUT2D eigenvalue weighted by Crippen LogP contribution is -2.02. The number of nitro groups is 1. The van der Waals surface area contributed by atoms with Crippen molar-refractivity contribution in [3.05, 3.63) is 96.9 Å². The summed E-state index contributed by atoms with van der Waals surface area (Å²) in [6.45, 7) is 2.33. The molecule has 0 spiro atoms. The van der Waals surface area contributed by atoms with Gasteiger partial charge >= 0.3 is 0 Å². The van der Waals surface area contributed by atoms with Gasteiger partial charge in [0.2, 0.25) is 0 Å². The lowest BCUT2D eigenvalue weighted by Gasteiger charge is -2.15. The zero-order chi connectivity index (χ0) is 23.1. The SMILES string of the molecule is CCOc1cc(/C=C(/C#N)c2ccccc2F)cc(I)c1OCc1cccc([N+](=O)[O-])c1. The Hall–Kier alpha value is -3.45. The van der Waals surface area contributed by atoms with Gasteiger partial charge in [-0.05, 0) is 64.9 Å². The molecule has 0 unspecified atom stereocenters. The fourth-order valence-corrected chi connectivity index (χ4v) is 3.79. The van der Waals surface area contributed by atoms with Gasteiger partial charge in [-0.25, -0.2) is 4.39 Å². The fraction of sp³-hybridized carbons (Fsp3) is 0.125. The molecular weight excluding hydrogens is 526 g/mol. The quantitative estimate of drug-likeness (QED) is 0.108. The molecular formula is C24H18FIN2O4. The predicted molar refractivity (Wildman–Crippen MR) is 128 cm³/mol. The van der Waals surface area contributed by atoms with E-state index in [-0.39, 0.29) is 23.4 Å². The molecule has 0 saturated heterocycles. The maximum Gasteiger partial charge on any atom is 0.269 e. The van der Waals surface area contributed by atoms with Crippen LogP contribution in [0.25, 0.3) is 11.6 Å². The summed E-state index contributed by atoms with van der Waals surface area (Å²) < 4.78 is 26.5. The van der Waals surface area contributed by atoms with Crippen LogP contribution in [-0.2, 0) is 6.61 Å². The van der Waals surface area contributed by atoms with E-state index < -0.39 is 10.7 Å². The number of nitro benzene ring substituents is 1. The van der Waals surface area contributed by atoms with Gasteiger partial charge in [0.1, 0.15) is 12.4 Å². The molecule has 3 rings (SSSR count). The van der Waals surface area contributed by atoms with E-state index in [0.717, 1.165) is 3.57 Å². The second kappa shape index (κ2) is 10.7. The first-order valence-electron chi connectivity index (χ1n) is 9.62. The molecule has 0 saturated carbocycles. The summed E-state index contributed by atoms with van der Waals surface area (Å²) in [5, 5.41) is 20.5. The van der Waals surface area contributed by atoms with Gasteiger partial charge in [-0.3, -0.25) is 10.1 Å². The summed E-state index contributed by atoms with van der Waals surface area (Å²) in [6.07, 6.45) is 1.59. The van der Waals surface area contributed by atoms with E-state index in [1.54, 1.807) is 48.5 Å². The van der Waals surface area contributed by atoms with Crippen molar-refractivity contribution >= 4 is 39.9 Å². The maximum atomic E-state index is 14.1. The summed E-state index contributed by atoms with van der Waals surface area (Å²) in [5.74, 6) is 0.472. The second-order valence-electron chi connectivity index (χ2n) is 6.63. The number of allylic oxidation sites excluding steroid dienone is 1. The number of halogens is 2. The smallest absolute Gasteiger partial charge is 0.269 e. The Kier molecular flexibility index (Phi) is 7.78. The van der Waals surface area contributed by atoms with Crippen molar-refractivity contribution in [3.8, 4) is 17.6 Å². The largest absolute Gasteiger partial charge is 0.490 e. The molecule has 0 N–H and O–H groups in total. The van der Waals surface area contributed by atoms with Gasteiger partial charge in [-0.15, -0.1) is 0 Å². The third kappa shape index (κ3) is 5.62. The van der Waals surface area contributed by atoms with Crippen LogP contribution in [0.1, 0.15) is 23.6 Å². The van der Waals surface area contributed by atoms with E-state index in [9.17, 15) is 19.8 Å². The van der Waals surface area contributed by atoms with Crippen molar-refractivity contribution in [3.63, 3.8) is 0 Å². The van der Waals surface area contributed by atoms with Gasteiger partial charge in [-0.1, -0.05) is 30.3 Å². The normalized spacial score (nSPS) is 11.0. The van der Waals surface area contributed by atoms with Crippen molar-refractivity contribution < 1.29 is 18.8 Å². The molecule has 0 aromatic heterocycles. The van der Waals surface area contributed by atoms with Crippen molar-refractivity contribution in [2.24, 2.45) is 0 Å². The van der Waals surface area contributed by atoms with E-state index in [2.05, 4.69) is 22.6 Å². The van der Waals surface area contributed by atoms with Crippen molar-refractivity contribution in [2.75, 3.05) is 6.61 Å². The minimum atomic E-state index is -0.475. The zero-order valence-electron chi connectivity index (χ0n) is 17.0. The number of nitrogens with zero attached hydrogens (tertiary/aromatic N) is 2. The van der Waals surface area contributed by atoms with Gasteiger partial charge in [0.15, 0.2) is 11.5 Å². The standard InChI is InChI=1S/C24H18FIN2O4/c1-2-31-23-13-17(10-18(14-27)20-8-3-4-9-21(20)25)12-22(26)24(23)32-15-16-6-5-7-19(11-16)28(29)30/h3-13H,2,15H2,1H3/b18-10-. The Morgan fingerprint density at radius 1 is 1.19 bits per heavy atom. The topological polar surface area (TPSA) is 85.4 Å². The van der Waals surface area contributed by atoms with E-state index in [1.165, 1.54) is 18.2 Å². The van der Waals surface area contributed by atoms with E-state index in [0.29, 0.717) is 29.2 Å². The summed E-state index contributed by atoms with van der Waals surface area (Å²) >= 11 is 2.09. The highest BCUT2D eigenvalue weighted by atomic mass is 127. The van der Waals surface area contributed by atoms with Crippen LogP contribution in [0, 0.1) is 30.8 Å². The Labute approximate surface area is 198 Å². The van der Waals surface area contributed by atoms with Gasteiger partial charge in [0.05, 0.1) is 26.7 Å². The Balaban J connectivity index is 1.93. The maximum absolute atomic E-state index is 14.1. The molecule has 0 aliphatic carbocycles. The summed E-state index contributed by atoms with van der Waals surface area (Å²) in [7, 11) is 0.